The molecular formula is C32H48O5. The highest BCUT2D eigenvalue weighted by Crippen LogP contribution is 2.39. The lowest BCUT2D eigenvalue weighted by atomic mass is 10.1. The summed E-state index contributed by atoms with van der Waals surface area (Å²) in [5, 5.41) is 0.636. The third kappa shape index (κ3) is 11.1. The van der Waals surface area contributed by atoms with Crippen LogP contribution in [0.5, 0.6) is 17.2 Å². The zero-order valence-corrected chi connectivity index (χ0v) is 24.0. The van der Waals surface area contributed by atoms with E-state index in [2.05, 4.69) is 39.8 Å². The topological polar surface area (TPSA) is 57.9 Å². The van der Waals surface area contributed by atoms with Crippen LogP contribution in [0.3, 0.4) is 0 Å². The Bertz CT molecular complexity index is 1060. The fourth-order valence-electron chi connectivity index (χ4n) is 4.15. The van der Waals surface area contributed by atoms with Gasteiger partial charge >= 0.3 is 5.63 Å². The minimum Gasteiger partial charge on any atom is -0.490 e. The van der Waals surface area contributed by atoms with E-state index in [1.807, 2.05) is 26.0 Å². The van der Waals surface area contributed by atoms with Crippen molar-refractivity contribution in [2.24, 2.45) is 0 Å². The van der Waals surface area contributed by atoms with E-state index in [4.69, 9.17) is 18.6 Å². The van der Waals surface area contributed by atoms with E-state index >= 15 is 0 Å². The van der Waals surface area contributed by atoms with Gasteiger partial charge in [0, 0.05) is 0 Å². The monoisotopic (exact) mass is 512 g/mol. The van der Waals surface area contributed by atoms with E-state index in [0.717, 1.165) is 25.7 Å². The van der Waals surface area contributed by atoms with Gasteiger partial charge in [-0.3, -0.25) is 0 Å². The maximum Gasteiger partial charge on any atom is 0.383 e. The summed E-state index contributed by atoms with van der Waals surface area (Å²) in [6, 6.07) is 5.46. The van der Waals surface area contributed by atoms with Crippen molar-refractivity contribution in [1.29, 1.82) is 0 Å². The standard InChI is InChI=1S/C32H48O5/c1-7-8-9-10-11-12-13-14-22-34-31-30(35-23-21-26(6)18-15-17-24(2)3)29-27(36-25(4)5)19-16-20-28(29)37-32(31)33/h16-17,19-21,25H,7-15,18,22-23H2,1-6H3/b26-21+. The van der Waals surface area contributed by atoms with Crippen molar-refractivity contribution >= 4 is 11.0 Å². The molecule has 0 atom stereocenters. The Labute approximate surface area is 223 Å². The summed E-state index contributed by atoms with van der Waals surface area (Å²) < 4.78 is 23.9. The summed E-state index contributed by atoms with van der Waals surface area (Å²) >= 11 is 0. The van der Waals surface area contributed by atoms with E-state index in [0.29, 0.717) is 35.7 Å². The number of rotatable bonds is 18. The first-order chi connectivity index (χ1) is 17.8. The molecule has 0 saturated heterocycles. The van der Waals surface area contributed by atoms with Crippen molar-refractivity contribution < 1.29 is 18.6 Å². The molecule has 206 valence electrons. The molecule has 0 radical (unpaired) electrons. The van der Waals surface area contributed by atoms with Crippen molar-refractivity contribution in [3.05, 3.63) is 51.9 Å². The molecule has 0 aliphatic rings. The highest BCUT2D eigenvalue weighted by molar-refractivity contribution is 5.91. The lowest BCUT2D eigenvalue weighted by Gasteiger charge is -2.17. The first kappa shape index (κ1) is 30.5. The molecule has 0 spiro atoms. The molecule has 0 amide bonds. The highest BCUT2D eigenvalue weighted by atomic mass is 16.5. The van der Waals surface area contributed by atoms with Crippen LogP contribution in [0.4, 0.5) is 0 Å². The van der Waals surface area contributed by atoms with Gasteiger partial charge in [0.1, 0.15) is 23.3 Å². The molecule has 1 aromatic heterocycles. The average Bonchev–Trinajstić information content (AvgIpc) is 2.83. The normalized spacial score (nSPS) is 11.7. The minimum atomic E-state index is -0.520. The van der Waals surface area contributed by atoms with Gasteiger partial charge in [-0.2, -0.15) is 0 Å². The number of benzene rings is 1. The van der Waals surface area contributed by atoms with Crippen LogP contribution in [-0.4, -0.2) is 19.3 Å². The number of ether oxygens (including phenoxy) is 3. The van der Waals surface area contributed by atoms with E-state index in [-0.39, 0.29) is 11.9 Å². The number of hydrogen-bond donors (Lipinski definition) is 0. The summed E-state index contributed by atoms with van der Waals surface area (Å²) in [7, 11) is 0. The van der Waals surface area contributed by atoms with E-state index < -0.39 is 5.63 Å². The van der Waals surface area contributed by atoms with Crippen LogP contribution in [0.1, 0.15) is 106 Å². The quantitative estimate of drug-likeness (QED) is 0.113. The predicted molar refractivity (Wildman–Crippen MR) is 154 cm³/mol. The molecule has 0 fully saturated rings. The molecule has 37 heavy (non-hydrogen) atoms. The summed E-state index contributed by atoms with van der Waals surface area (Å²) in [4.78, 5) is 12.9. The van der Waals surface area contributed by atoms with Crippen LogP contribution >= 0.6 is 0 Å². The molecule has 0 bridgehead atoms. The van der Waals surface area contributed by atoms with Gasteiger partial charge in [-0.25, -0.2) is 4.79 Å². The van der Waals surface area contributed by atoms with Gasteiger partial charge in [-0.15, -0.1) is 0 Å². The summed E-state index contributed by atoms with van der Waals surface area (Å²) in [6.45, 7) is 13.3. The van der Waals surface area contributed by atoms with Crippen molar-refractivity contribution in [3.63, 3.8) is 0 Å². The maximum atomic E-state index is 12.9. The van der Waals surface area contributed by atoms with Crippen molar-refractivity contribution in [1.82, 2.24) is 0 Å². The smallest absolute Gasteiger partial charge is 0.383 e. The third-order valence-electron chi connectivity index (χ3n) is 6.17. The van der Waals surface area contributed by atoms with Gasteiger partial charge in [-0.05, 0) is 72.1 Å². The molecule has 5 heteroatoms. The van der Waals surface area contributed by atoms with Gasteiger partial charge < -0.3 is 18.6 Å². The molecule has 0 unspecified atom stereocenters. The van der Waals surface area contributed by atoms with Gasteiger partial charge in [0.15, 0.2) is 5.75 Å². The maximum absolute atomic E-state index is 12.9. The van der Waals surface area contributed by atoms with E-state index in [1.165, 1.54) is 49.7 Å². The van der Waals surface area contributed by atoms with Gasteiger partial charge in [0.25, 0.3) is 0 Å². The Morgan fingerprint density at radius 2 is 1.62 bits per heavy atom. The molecule has 0 aliphatic heterocycles. The molecule has 5 nitrogen and oxygen atoms in total. The summed E-state index contributed by atoms with van der Waals surface area (Å²) in [5.74, 6) is 1.15. The molecular weight excluding hydrogens is 464 g/mol. The third-order valence-corrected chi connectivity index (χ3v) is 6.17. The predicted octanol–water partition coefficient (Wildman–Crippen LogP) is 9.17. The van der Waals surface area contributed by atoms with E-state index in [9.17, 15) is 4.79 Å². The molecule has 2 aromatic rings. The SMILES string of the molecule is CCCCCCCCCCOc1c(OC/C=C(\C)CCC=C(C)C)c2c(OC(C)C)cccc2oc1=O. The van der Waals surface area contributed by atoms with Crippen molar-refractivity contribution in [2.75, 3.05) is 13.2 Å². The molecule has 1 aromatic carbocycles. The van der Waals surface area contributed by atoms with Crippen LogP contribution in [-0.2, 0) is 0 Å². The fraction of sp³-hybridized carbons (Fsp3) is 0.594. The number of fused-ring (bicyclic) bond motifs is 1. The van der Waals surface area contributed by atoms with Crippen LogP contribution in [0.2, 0.25) is 0 Å². The van der Waals surface area contributed by atoms with Crippen LogP contribution in [0, 0.1) is 0 Å². The summed E-state index contributed by atoms with van der Waals surface area (Å²) in [6.07, 6.45) is 15.8. The second kappa shape index (κ2) is 16.9. The Kier molecular flexibility index (Phi) is 14.0. The van der Waals surface area contributed by atoms with Crippen molar-refractivity contribution in [2.45, 2.75) is 112 Å². The number of allylic oxidation sites excluding steroid dienone is 3. The molecule has 2 rings (SSSR count). The average molecular weight is 513 g/mol. The molecule has 0 saturated carbocycles. The highest BCUT2D eigenvalue weighted by Gasteiger charge is 2.21. The minimum absolute atomic E-state index is 0.0377. The molecule has 1 heterocycles. The van der Waals surface area contributed by atoms with Crippen LogP contribution in [0.25, 0.3) is 11.0 Å². The first-order valence-electron chi connectivity index (χ1n) is 14.1. The lowest BCUT2D eigenvalue weighted by Crippen LogP contribution is -2.13. The van der Waals surface area contributed by atoms with Crippen LogP contribution in [0.15, 0.2) is 50.7 Å². The van der Waals surface area contributed by atoms with E-state index in [1.54, 1.807) is 6.07 Å². The lowest BCUT2D eigenvalue weighted by molar-refractivity contribution is 0.241. The first-order valence-corrected chi connectivity index (χ1v) is 14.1. The van der Waals surface area contributed by atoms with Crippen molar-refractivity contribution in [3.8, 4) is 17.2 Å². The number of unbranched alkanes of at least 4 members (excludes halogenated alkanes) is 7. The number of hydrogen-bond acceptors (Lipinski definition) is 5. The summed E-state index contributed by atoms with van der Waals surface area (Å²) in [5.41, 5.74) is 2.47. The van der Waals surface area contributed by atoms with Gasteiger partial charge in [0.2, 0.25) is 5.75 Å². The van der Waals surface area contributed by atoms with Crippen LogP contribution < -0.4 is 19.8 Å². The van der Waals surface area contributed by atoms with Gasteiger partial charge in [-0.1, -0.05) is 75.2 Å². The fourth-order valence-corrected chi connectivity index (χ4v) is 4.15. The molecule has 0 aliphatic carbocycles. The second-order valence-electron chi connectivity index (χ2n) is 10.3. The largest absolute Gasteiger partial charge is 0.490 e. The zero-order chi connectivity index (χ0) is 27.0. The zero-order valence-electron chi connectivity index (χ0n) is 24.0. The Morgan fingerprint density at radius 3 is 2.30 bits per heavy atom. The Balaban J connectivity index is 2.18. The Hall–Kier alpha value is -2.69. The Morgan fingerprint density at radius 1 is 0.919 bits per heavy atom. The van der Waals surface area contributed by atoms with Gasteiger partial charge in [0.05, 0.1) is 12.7 Å². The molecule has 0 N–H and O–H groups in total. The second-order valence-corrected chi connectivity index (χ2v) is 10.3.